The van der Waals surface area contributed by atoms with Crippen LogP contribution in [0.15, 0.2) is 0 Å². The van der Waals surface area contributed by atoms with Crippen LogP contribution < -0.4 is 0 Å². The van der Waals surface area contributed by atoms with Gasteiger partial charge in [0.1, 0.15) is 17.2 Å². The summed E-state index contributed by atoms with van der Waals surface area (Å²) in [4.78, 5) is 0. The Labute approximate surface area is 96.2 Å². The Morgan fingerprint density at radius 1 is 1.27 bits per heavy atom. The maximum absolute atomic E-state index is 8.91. The van der Waals surface area contributed by atoms with Gasteiger partial charge in [-0.15, -0.1) is 0 Å². The first-order chi connectivity index (χ1) is 7.32. The lowest BCUT2D eigenvalue weighted by Crippen LogP contribution is -2.46. The SMILES string of the molecule is [2H][C@@]12C[C@H]3CC[C@@](C)([C+]1CC[C@@H]2C)C3(C)C. The Hall–Kier alpha value is -0.130. The summed E-state index contributed by atoms with van der Waals surface area (Å²) in [5.41, 5.74) is 0.805. The van der Waals surface area contributed by atoms with E-state index in [1.165, 1.54) is 25.7 Å². The highest BCUT2D eigenvalue weighted by molar-refractivity contribution is 5.25. The van der Waals surface area contributed by atoms with E-state index in [0.717, 1.165) is 12.3 Å². The van der Waals surface area contributed by atoms with Gasteiger partial charge in [0.2, 0.25) is 0 Å². The third-order valence-electron chi connectivity index (χ3n) is 6.38. The lowest BCUT2D eigenvalue weighted by Gasteiger charge is -2.45. The fourth-order valence-electron chi connectivity index (χ4n) is 4.71. The van der Waals surface area contributed by atoms with Crippen molar-refractivity contribution in [2.24, 2.45) is 28.6 Å². The molecule has 0 aliphatic heterocycles. The monoisotopic (exact) mass is 206 g/mol. The third kappa shape index (κ3) is 1.02. The van der Waals surface area contributed by atoms with Crippen LogP contribution in [0.2, 0.25) is 0 Å². The molecule has 3 rings (SSSR count). The van der Waals surface area contributed by atoms with Crippen molar-refractivity contribution in [3.05, 3.63) is 5.92 Å². The van der Waals surface area contributed by atoms with Crippen LogP contribution in [-0.2, 0) is 0 Å². The molecule has 3 fully saturated rings. The Balaban J connectivity index is 2.08. The quantitative estimate of drug-likeness (QED) is 0.514. The topological polar surface area (TPSA) is 0 Å². The van der Waals surface area contributed by atoms with Crippen molar-refractivity contribution in [1.29, 1.82) is 0 Å². The van der Waals surface area contributed by atoms with Gasteiger partial charge in [-0.1, -0.05) is 20.8 Å². The molecule has 3 aliphatic carbocycles. The second-order valence-corrected chi connectivity index (χ2v) is 6.94. The number of fused-ring (bicyclic) bond motifs is 4. The van der Waals surface area contributed by atoms with Crippen molar-refractivity contribution in [2.45, 2.75) is 59.8 Å². The fraction of sp³-hybridized carbons (Fsp3) is 0.933. The lowest BCUT2D eigenvalue weighted by molar-refractivity contribution is 0.0316. The van der Waals surface area contributed by atoms with E-state index in [1.807, 2.05) is 0 Å². The van der Waals surface area contributed by atoms with Gasteiger partial charge in [0, 0.05) is 11.3 Å². The van der Waals surface area contributed by atoms with Crippen LogP contribution in [-0.4, -0.2) is 0 Å². The Morgan fingerprint density at radius 3 is 2.73 bits per heavy atom. The molecule has 0 heterocycles. The molecule has 3 saturated carbocycles. The zero-order valence-electron chi connectivity index (χ0n) is 11.7. The highest BCUT2D eigenvalue weighted by atomic mass is 14.7. The summed E-state index contributed by atoms with van der Waals surface area (Å²) in [7, 11) is 0. The van der Waals surface area contributed by atoms with Crippen molar-refractivity contribution < 1.29 is 1.37 Å². The van der Waals surface area contributed by atoms with Gasteiger partial charge >= 0.3 is 0 Å². The van der Waals surface area contributed by atoms with Crippen LogP contribution in [0.5, 0.6) is 0 Å². The van der Waals surface area contributed by atoms with Gasteiger partial charge in [-0.2, -0.15) is 0 Å². The molecule has 2 bridgehead atoms. The molecule has 0 aromatic carbocycles. The largest absolute Gasteiger partial charge is 0.113 e. The highest BCUT2D eigenvalue weighted by Gasteiger charge is 2.70. The predicted molar refractivity (Wildman–Crippen MR) is 64.4 cm³/mol. The number of hydrogen-bond donors (Lipinski definition) is 0. The maximum Gasteiger partial charge on any atom is 0.113 e. The number of hydrogen-bond acceptors (Lipinski definition) is 0. The summed E-state index contributed by atoms with van der Waals surface area (Å²) >= 11 is 0. The van der Waals surface area contributed by atoms with Crippen LogP contribution >= 0.6 is 0 Å². The minimum atomic E-state index is -0.161. The van der Waals surface area contributed by atoms with E-state index in [-0.39, 0.29) is 5.89 Å². The molecule has 0 nitrogen and oxygen atoms in total. The van der Waals surface area contributed by atoms with Crippen LogP contribution in [0, 0.1) is 34.5 Å². The fourth-order valence-corrected chi connectivity index (χ4v) is 4.71. The normalized spacial score (nSPS) is 57.9. The van der Waals surface area contributed by atoms with Crippen molar-refractivity contribution in [3.8, 4) is 0 Å². The maximum atomic E-state index is 8.91. The van der Waals surface area contributed by atoms with Gasteiger partial charge in [0.05, 0.1) is 7.79 Å². The standard InChI is InChI=1S/C15H25/c1-10-5-6-13-12(10)9-11-7-8-15(13,4)14(11,2)3/h10-12H,5-9H2,1-4H3/q+1/t10-,11+,12-,15-/m0/s1/i12D. The first-order valence-electron chi connectivity index (χ1n) is 7.19. The Morgan fingerprint density at radius 2 is 2.00 bits per heavy atom. The second kappa shape index (κ2) is 2.76. The molecular weight excluding hydrogens is 180 g/mol. The van der Waals surface area contributed by atoms with Gasteiger partial charge in [-0.05, 0) is 38.5 Å². The van der Waals surface area contributed by atoms with E-state index in [4.69, 9.17) is 1.37 Å². The first kappa shape index (κ1) is 8.96. The van der Waals surface area contributed by atoms with Gasteiger partial charge in [-0.25, -0.2) is 0 Å². The van der Waals surface area contributed by atoms with Gasteiger partial charge < -0.3 is 0 Å². The van der Waals surface area contributed by atoms with Crippen LogP contribution in [0.25, 0.3) is 0 Å². The van der Waals surface area contributed by atoms with E-state index in [1.54, 1.807) is 5.92 Å². The predicted octanol–water partition coefficient (Wildman–Crippen LogP) is 4.45. The van der Waals surface area contributed by atoms with E-state index >= 15 is 0 Å². The third-order valence-corrected chi connectivity index (χ3v) is 6.38. The van der Waals surface area contributed by atoms with Gasteiger partial charge in [-0.3, -0.25) is 0 Å². The highest BCUT2D eigenvalue weighted by Crippen LogP contribution is 2.71. The second-order valence-electron chi connectivity index (χ2n) is 6.94. The minimum Gasteiger partial charge on any atom is -0.0580 e. The van der Waals surface area contributed by atoms with E-state index < -0.39 is 0 Å². The lowest BCUT2D eigenvalue weighted by atomic mass is 9.51. The molecule has 0 aromatic heterocycles. The molecule has 0 radical (unpaired) electrons. The zero-order chi connectivity index (χ0) is 11.8. The molecule has 3 aliphatic rings. The Bertz CT molecular complexity index is 321. The van der Waals surface area contributed by atoms with Crippen molar-refractivity contribution in [1.82, 2.24) is 0 Å². The van der Waals surface area contributed by atoms with Crippen LogP contribution in [0.1, 0.15) is 61.2 Å². The molecular formula is C15H25+. The summed E-state index contributed by atoms with van der Waals surface area (Å²) in [6, 6.07) is 0. The Kier molecular flexibility index (Phi) is 1.65. The summed E-state index contributed by atoms with van der Waals surface area (Å²) in [5, 5.41) is 0. The zero-order valence-corrected chi connectivity index (χ0v) is 10.7. The number of rotatable bonds is 0. The average molecular weight is 206 g/mol. The summed E-state index contributed by atoms with van der Waals surface area (Å²) in [6.07, 6.45) is 6.34. The molecule has 0 N–H and O–H groups in total. The molecule has 0 amide bonds. The summed E-state index contributed by atoms with van der Waals surface area (Å²) in [6.45, 7) is 9.68. The molecule has 0 heteroatoms. The van der Waals surface area contributed by atoms with Crippen molar-refractivity contribution in [2.75, 3.05) is 0 Å². The van der Waals surface area contributed by atoms with E-state index in [2.05, 4.69) is 27.7 Å². The molecule has 15 heavy (non-hydrogen) atoms. The minimum absolute atomic E-state index is 0.161. The van der Waals surface area contributed by atoms with Gasteiger partial charge in [0.25, 0.3) is 0 Å². The van der Waals surface area contributed by atoms with E-state index in [9.17, 15) is 0 Å². The summed E-state index contributed by atoms with van der Waals surface area (Å²) in [5.74, 6) is 2.84. The molecule has 0 aromatic rings. The van der Waals surface area contributed by atoms with Crippen molar-refractivity contribution >= 4 is 0 Å². The molecule has 84 valence electrons. The average Bonchev–Trinajstić information content (AvgIpc) is 2.53. The summed E-state index contributed by atoms with van der Waals surface area (Å²) < 4.78 is 8.91. The van der Waals surface area contributed by atoms with Gasteiger partial charge in [0.15, 0.2) is 0 Å². The molecule has 0 saturated heterocycles. The molecule has 0 unspecified atom stereocenters. The molecule has 4 atom stereocenters. The van der Waals surface area contributed by atoms with E-state index in [0.29, 0.717) is 16.7 Å². The van der Waals surface area contributed by atoms with Crippen LogP contribution in [0.4, 0.5) is 0 Å². The van der Waals surface area contributed by atoms with Crippen molar-refractivity contribution in [3.63, 3.8) is 0 Å². The molecule has 0 spiro atoms. The van der Waals surface area contributed by atoms with Crippen LogP contribution in [0.3, 0.4) is 0 Å². The smallest absolute Gasteiger partial charge is 0.0580 e. The first-order valence-corrected chi connectivity index (χ1v) is 6.69.